The van der Waals surface area contributed by atoms with Crippen LogP contribution in [0.4, 0.5) is 5.69 Å². The van der Waals surface area contributed by atoms with Gasteiger partial charge in [0.2, 0.25) is 0 Å². The van der Waals surface area contributed by atoms with Crippen molar-refractivity contribution in [2.75, 3.05) is 12.4 Å². The van der Waals surface area contributed by atoms with Crippen molar-refractivity contribution >= 4 is 5.69 Å². The highest BCUT2D eigenvalue weighted by Crippen LogP contribution is 2.24. The van der Waals surface area contributed by atoms with Crippen LogP contribution in [-0.4, -0.2) is 13.2 Å². The normalized spacial score (nSPS) is 12.2. The van der Waals surface area contributed by atoms with E-state index in [9.17, 15) is 0 Å². The molecule has 0 saturated carbocycles. The van der Waals surface area contributed by atoms with Crippen LogP contribution in [-0.2, 0) is 0 Å². The molecule has 0 aromatic heterocycles. The third-order valence-electron chi connectivity index (χ3n) is 2.50. The fourth-order valence-corrected chi connectivity index (χ4v) is 1.61. The maximum Gasteiger partial charge on any atom is 0.141 e. The maximum atomic E-state index is 5.29. The van der Waals surface area contributed by atoms with E-state index in [1.807, 2.05) is 18.2 Å². The van der Waals surface area contributed by atoms with E-state index in [0.29, 0.717) is 6.04 Å². The van der Waals surface area contributed by atoms with Crippen molar-refractivity contribution < 1.29 is 4.74 Å². The monoisotopic (exact) mass is 207 g/mol. The number of unbranched alkanes of at least 4 members (excludes halogenated alkanes) is 1. The number of ether oxygens (including phenoxy) is 1. The minimum absolute atomic E-state index is 0.501. The van der Waals surface area contributed by atoms with E-state index in [4.69, 9.17) is 4.74 Å². The van der Waals surface area contributed by atoms with Gasteiger partial charge in [-0.1, -0.05) is 31.9 Å². The Morgan fingerprint density at radius 2 is 2.07 bits per heavy atom. The first-order valence-corrected chi connectivity index (χ1v) is 5.67. The van der Waals surface area contributed by atoms with E-state index in [-0.39, 0.29) is 0 Å². The number of nitrogens with one attached hydrogen (secondary N) is 1. The van der Waals surface area contributed by atoms with Crippen molar-refractivity contribution in [3.05, 3.63) is 24.3 Å². The van der Waals surface area contributed by atoms with Gasteiger partial charge in [0.05, 0.1) is 12.8 Å². The molecule has 2 nitrogen and oxygen atoms in total. The lowest BCUT2D eigenvalue weighted by Crippen LogP contribution is -2.15. The summed E-state index contributed by atoms with van der Waals surface area (Å²) in [5, 5.41) is 3.47. The fraction of sp³-hybridized carbons (Fsp3) is 0.538. The van der Waals surface area contributed by atoms with Crippen LogP contribution in [0, 0.1) is 0 Å². The lowest BCUT2D eigenvalue weighted by atomic mass is 10.1. The van der Waals surface area contributed by atoms with Gasteiger partial charge in [-0.3, -0.25) is 0 Å². The van der Waals surface area contributed by atoms with Crippen LogP contribution in [0.2, 0.25) is 0 Å². The van der Waals surface area contributed by atoms with E-state index in [2.05, 4.69) is 25.2 Å². The number of para-hydroxylation sites is 2. The molecule has 0 spiro atoms. The zero-order valence-electron chi connectivity index (χ0n) is 9.92. The van der Waals surface area contributed by atoms with E-state index >= 15 is 0 Å². The second kappa shape index (κ2) is 6.33. The summed E-state index contributed by atoms with van der Waals surface area (Å²) in [7, 11) is 1.71. The van der Waals surface area contributed by atoms with Gasteiger partial charge in [0.1, 0.15) is 5.75 Å². The molecule has 1 unspecified atom stereocenters. The molecule has 15 heavy (non-hydrogen) atoms. The number of benzene rings is 1. The minimum atomic E-state index is 0.501. The van der Waals surface area contributed by atoms with Crippen molar-refractivity contribution in [2.45, 2.75) is 39.2 Å². The summed E-state index contributed by atoms with van der Waals surface area (Å²) in [6, 6.07) is 8.55. The van der Waals surface area contributed by atoms with Crippen molar-refractivity contribution in [1.82, 2.24) is 0 Å². The number of methoxy groups -OCH3 is 1. The Bertz CT molecular complexity index is 286. The number of hydrogen-bond donors (Lipinski definition) is 1. The van der Waals surface area contributed by atoms with Gasteiger partial charge in [0, 0.05) is 6.04 Å². The van der Waals surface area contributed by atoms with Crippen LogP contribution < -0.4 is 10.1 Å². The first-order valence-electron chi connectivity index (χ1n) is 5.67. The Kier molecular flexibility index (Phi) is 5.02. The Hall–Kier alpha value is -1.18. The highest BCUT2D eigenvalue weighted by atomic mass is 16.5. The van der Waals surface area contributed by atoms with Crippen molar-refractivity contribution in [2.24, 2.45) is 0 Å². The molecule has 0 amide bonds. The predicted octanol–water partition coefficient (Wildman–Crippen LogP) is 3.69. The van der Waals surface area contributed by atoms with Gasteiger partial charge in [-0.15, -0.1) is 0 Å². The lowest BCUT2D eigenvalue weighted by molar-refractivity contribution is 0.416. The van der Waals surface area contributed by atoms with Crippen molar-refractivity contribution in [3.8, 4) is 5.75 Å². The SMILES string of the molecule is CCCCC(C)Nc1ccccc1OC. The third kappa shape index (κ3) is 3.82. The van der Waals surface area contributed by atoms with Gasteiger partial charge in [0.15, 0.2) is 0 Å². The average Bonchev–Trinajstić information content (AvgIpc) is 2.27. The van der Waals surface area contributed by atoms with Crippen LogP contribution in [0.5, 0.6) is 5.75 Å². The summed E-state index contributed by atoms with van der Waals surface area (Å²) in [6.45, 7) is 4.43. The molecule has 0 heterocycles. The predicted molar refractivity (Wildman–Crippen MR) is 65.6 cm³/mol. The molecule has 84 valence electrons. The summed E-state index contributed by atoms with van der Waals surface area (Å²) in [4.78, 5) is 0. The minimum Gasteiger partial charge on any atom is -0.495 e. The largest absolute Gasteiger partial charge is 0.495 e. The van der Waals surface area contributed by atoms with Gasteiger partial charge < -0.3 is 10.1 Å². The van der Waals surface area contributed by atoms with Gasteiger partial charge in [0.25, 0.3) is 0 Å². The van der Waals surface area contributed by atoms with E-state index < -0.39 is 0 Å². The molecule has 0 aliphatic heterocycles. The highest BCUT2D eigenvalue weighted by molar-refractivity contribution is 5.56. The number of rotatable bonds is 6. The van der Waals surface area contributed by atoms with Gasteiger partial charge >= 0.3 is 0 Å². The average molecular weight is 207 g/mol. The van der Waals surface area contributed by atoms with E-state index in [1.165, 1.54) is 19.3 Å². The fourth-order valence-electron chi connectivity index (χ4n) is 1.61. The van der Waals surface area contributed by atoms with Crippen LogP contribution >= 0.6 is 0 Å². The first kappa shape index (κ1) is 11.9. The second-order valence-corrected chi connectivity index (χ2v) is 3.89. The molecular formula is C13H21NO. The molecule has 1 N–H and O–H groups in total. The van der Waals surface area contributed by atoms with Gasteiger partial charge in [-0.05, 0) is 25.5 Å². The molecular weight excluding hydrogens is 186 g/mol. The van der Waals surface area contributed by atoms with Crippen molar-refractivity contribution in [3.63, 3.8) is 0 Å². The molecule has 0 aliphatic rings. The van der Waals surface area contributed by atoms with E-state index in [1.54, 1.807) is 7.11 Å². The molecule has 0 aliphatic carbocycles. The smallest absolute Gasteiger partial charge is 0.141 e. The zero-order valence-corrected chi connectivity index (χ0v) is 9.92. The van der Waals surface area contributed by atoms with Crippen LogP contribution in [0.15, 0.2) is 24.3 Å². The standard InChI is InChI=1S/C13H21NO/c1-4-5-8-11(2)14-12-9-6-7-10-13(12)15-3/h6-7,9-11,14H,4-5,8H2,1-3H3. The Morgan fingerprint density at radius 1 is 1.33 bits per heavy atom. The molecule has 1 aromatic rings. The molecule has 0 saturated heterocycles. The number of anilines is 1. The number of hydrogen-bond acceptors (Lipinski definition) is 2. The molecule has 2 heteroatoms. The van der Waals surface area contributed by atoms with Gasteiger partial charge in [-0.25, -0.2) is 0 Å². The molecule has 0 radical (unpaired) electrons. The second-order valence-electron chi connectivity index (χ2n) is 3.89. The van der Waals surface area contributed by atoms with Gasteiger partial charge in [-0.2, -0.15) is 0 Å². The summed E-state index contributed by atoms with van der Waals surface area (Å²) < 4.78 is 5.29. The highest BCUT2D eigenvalue weighted by Gasteiger charge is 2.05. The summed E-state index contributed by atoms with van der Waals surface area (Å²) in [6.07, 6.45) is 3.72. The van der Waals surface area contributed by atoms with Crippen LogP contribution in [0.25, 0.3) is 0 Å². The third-order valence-corrected chi connectivity index (χ3v) is 2.50. The molecule has 1 aromatic carbocycles. The molecule has 0 bridgehead atoms. The summed E-state index contributed by atoms with van der Waals surface area (Å²) in [5.74, 6) is 0.917. The Balaban J connectivity index is 2.55. The van der Waals surface area contributed by atoms with Crippen molar-refractivity contribution in [1.29, 1.82) is 0 Å². The Labute approximate surface area is 92.6 Å². The zero-order chi connectivity index (χ0) is 11.1. The summed E-state index contributed by atoms with van der Waals surface area (Å²) in [5.41, 5.74) is 1.09. The van der Waals surface area contributed by atoms with Crippen LogP contribution in [0.3, 0.4) is 0 Å². The summed E-state index contributed by atoms with van der Waals surface area (Å²) >= 11 is 0. The van der Waals surface area contributed by atoms with Crippen LogP contribution in [0.1, 0.15) is 33.1 Å². The quantitative estimate of drug-likeness (QED) is 0.768. The maximum absolute atomic E-state index is 5.29. The topological polar surface area (TPSA) is 21.3 Å². The Morgan fingerprint density at radius 3 is 2.73 bits per heavy atom. The molecule has 1 rings (SSSR count). The lowest BCUT2D eigenvalue weighted by Gasteiger charge is -2.16. The molecule has 1 atom stereocenters. The van der Waals surface area contributed by atoms with E-state index in [0.717, 1.165) is 11.4 Å². The first-order chi connectivity index (χ1) is 7.27. The molecule has 0 fully saturated rings.